The standard InChI is InChI=1S/C25H24ClN3O3S/c26-19-10-11-20(21(15-19)28-24(31)22-5-4-14-33-22)23(30)27-16-17-6-8-18(9-7-17)25(32)29-12-2-1-3-13-29/h4-11,14-15H,1-3,12-13,16H2,(H,27,30)(H,28,31). The van der Waals surface area contributed by atoms with E-state index in [1.54, 1.807) is 42.5 Å². The maximum Gasteiger partial charge on any atom is 0.265 e. The minimum atomic E-state index is -0.332. The summed E-state index contributed by atoms with van der Waals surface area (Å²) in [5.41, 5.74) is 2.20. The molecule has 4 rings (SSSR count). The molecule has 170 valence electrons. The van der Waals surface area contributed by atoms with Crippen LogP contribution in [0.3, 0.4) is 0 Å². The highest BCUT2D eigenvalue weighted by Crippen LogP contribution is 2.23. The van der Waals surface area contributed by atoms with Crippen LogP contribution < -0.4 is 10.6 Å². The Kier molecular flexibility index (Phi) is 7.42. The highest BCUT2D eigenvalue weighted by Gasteiger charge is 2.18. The van der Waals surface area contributed by atoms with Gasteiger partial charge in [0.05, 0.1) is 16.1 Å². The Hall–Kier alpha value is -3.16. The van der Waals surface area contributed by atoms with E-state index in [0.29, 0.717) is 26.7 Å². The van der Waals surface area contributed by atoms with Gasteiger partial charge in [0.15, 0.2) is 0 Å². The first-order valence-electron chi connectivity index (χ1n) is 10.8. The molecule has 6 nitrogen and oxygen atoms in total. The number of likely N-dealkylation sites (tertiary alicyclic amines) is 1. The number of carbonyl (C=O) groups excluding carboxylic acids is 3. The molecule has 0 atom stereocenters. The Morgan fingerprint density at radius 1 is 0.939 bits per heavy atom. The van der Waals surface area contributed by atoms with Gasteiger partial charge in [-0.2, -0.15) is 0 Å². The molecular weight excluding hydrogens is 458 g/mol. The zero-order valence-electron chi connectivity index (χ0n) is 18.0. The fraction of sp³-hybridized carbons (Fsp3) is 0.240. The Morgan fingerprint density at radius 3 is 2.39 bits per heavy atom. The number of amides is 3. The molecule has 0 bridgehead atoms. The molecule has 8 heteroatoms. The fourth-order valence-corrected chi connectivity index (χ4v) is 4.52. The molecule has 2 aromatic carbocycles. The van der Waals surface area contributed by atoms with E-state index in [-0.39, 0.29) is 24.3 Å². The van der Waals surface area contributed by atoms with Crippen LogP contribution in [0.15, 0.2) is 60.0 Å². The molecule has 2 N–H and O–H groups in total. The summed E-state index contributed by atoms with van der Waals surface area (Å²) in [6, 6.07) is 15.5. The van der Waals surface area contributed by atoms with Crippen molar-refractivity contribution in [2.24, 2.45) is 0 Å². The van der Waals surface area contributed by atoms with Crippen molar-refractivity contribution in [3.63, 3.8) is 0 Å². The van der Waals surface area contributed by atoms with E-state index in [4.69, 9.17) is 11.6 Å². The minimum absolute atomic E-state index is 0.0533. The lowest BCUT2D eigenvalue weighted by atomic mass is 10.1. The van der Waals surface area contributed by atoms with Crippen molar-refractivity contribution in [3.05, 3.63) is 86.6 Å². The molecule has 0 aliphatic carbocycles. The van der Waals surface area contributed by atoms with Crippen molar-refractivity contribution in [2.75, 3.05) is 18.4 Å². The number of halogens is 1. The van der Waals surface area contributed by atoms with Gasteiger partial charge in [0.1, 0.15) is 0 Å². The molecule has 1 fully saturated rings. The van der Waals surface area contributed by atoms with Crippen LogP contribution in [-0.2, 0) is 6.54 Å². The molecule has 3 aromatic rings. The Bertz CT molecular complexity index is 1140. The third-order valence-electron chi connectivity index (χ3n) is 5.52. The van der Waals surface area contributed by atoms with Crippen molar-refractivity contribution in [1.29, 1.82) is 0 Å². The van der Waals surface area contributed by atoms with Crippen LogP contribution in [0.1, 0.15) is 55.2 Å². The summed E-state index contributed by atoms with van der Waals surface area (Å²) in [6.07, 6.45) is 3.28. The van der Waals surface area contributed by atoms with Crippen LogP contribution in [-0.4, -0.2) is 35.7 Å². The summed E-state index contributed by atoms with van der Waals surface area (Å²) in [5.74, 6) is -0.575. The van der Waals surface area contributed by atoms with Gasteiger partial charge in [0.25, 0.3) is 17.7 Å². The summed E-state index contributed by atoms with van der Waals surface area (Å²) in [4.78, 5) is 40.3. The summed E-state index contributed by atoms with van der Waals surface area (Å²) in [5, 5.41) is 7.87. The molecule has 1 aliphatic heterocycles. The number of carbonyl (C=O) groups is 3. The van der Waals surface area contributed by atoms with Gasteiger partial charge in [-0.25, -0.2) is 0 Å². The van der Waals surface area contributed by atoms with Crippen molar-refractivity contribution < 1.29 is 14.4 Å². The lowest BCUT2D eigenvalue weighted by molar-refractivity contribution is 0.0724. The lowest BCUT2D eigenvalue weighted by Gasteiger charge is -2.26. The predicted octanol–water partition coefficient (Wildman–Crippen LogP) is 5.21. The highest BCUT2D eigenvalue weighted by molar-refractivity contribution is 7.12. The maximum atomic E-state index is 12.8. The number of hydrogen-bond acceptors (Lipinski definition) is 4. The fourth-order valence-electron chi connectivity index (χ4n) is 3.73. The third-order valence-corrected chi connectivity index (χ3v) is 6.62. The van der Waals surface area contributed by atoms with E-state index < -0.39 is 0 Å². The first kappa shape index (κ1) is 23.0. The van der Waals surface area contributed by atoms with Gasteiger partial charge in [-0.15, -0.1) is 11.3 Å². The van der Waals surface area contributed by atoms with Crippen molar-refractivity contribution in [3.8, 4) is 0 Å². The summed E-state index contributed by atoms with van der Waals surface area (Å²) < 4.78 is 0. The zero-order valence-corrected chi connectivity index (χ0v) is 19.5. The zero-order chi connectivity index (χ0) is 23.2. The second-order valence-electron chi connectivity index (χ2n) is 7.85. The molecular formula is C25H24ClN3O3S. The van der Waals surface area contributed by atoms with Gasteiger partial charge in [-0.3, -0.25) is 14.4 Å². The van der Waals surface area contributed by atoms with Gasteiger partial charge in [-0.05, 0) is 66.6 Å². The van der Waals surface area contributed by atoms with E-state index in [1.165, 1.54) is 17.8 Å². The van der Waals surface area contributed by atoms with Crippen LogP contribution in [0.4, 0.5) is 5.69 Å². The normalized spacial score (nSPS) is 13.4. The summed E-state index contributed by atoms with van der Waals surface area (Å²) >= 11 is 7.40. The number of hydrogen-bond donors (Lipinski definition) is 2. The molecule has 0 saturated carbocycles. The predicted molar refractivity (Wildman–Crippen MR) is 131 cm³/mol. The molecule has 2 heterocycles. The van der Waals surface area contributed by atoms with Crippen LogP contribution in [0.25, 0.3) is 0 Å². The molecule has 1 aliphatic rings. The van der Waals surface area contributed by atoms with Gasteiger partial charge >= 0.3 is 0 Å². The lowest BCUT2D eigenvalue weighted by Crippen LogP contribution is -2.35. The maximum absolute atomic E-state index is 12.8. The van der Waals surface area contributed by atoms with Gasteiger partial charge < -0.3 is 15.5 Å². The average Bonchev–Trinajstić information content (AvgIpc) is 3.38. The van der Waals surface area contributed by atoms with Crippen molar-refractivity contribution in [1.82, 2.24) is 10.2 Å². The summed E-state index contributed by atoms with van der Waals surface area (Å²) in [6.45, 7) is 1.91. The SMILES string of the molecule is O=C(Nc1cc(Cl)ccc1C(=O)NCc1ccc(C(=O)N2CCCCC2)cc1)c1cccs1. The van der Waals surface area contributed by atoms with E-state index in [2.05, 4.69) is 10.6 Å². The van der Waals surface area contributed by atoms with Crippen LogP contribution in [0.2, 0.25) is 5.02 Å². The van der Waals surface area contributed by atoms with E-state index in [0.717, 1.165) is 31.5 Å². The number of nitrogens with zero attached hydrogens (tertiary/aromatic N) is 1. The van der Waals surface area contributed by atoms with Crippen LogP contribution in [0.5, 0.6) is 0 Å². The van der Waals surface area contributed by atoms with E-state index in [9.17, 15) is 14.4 Å². The second-order valence-corrected chi connectivity index (χ2v) is 9.24. The largest absolute Gasteiger partial charge is 0.348 e. The van der Waals surface area contributed by atoms with E-state index >= 15 is 0 Å². The topological polar surface area (TPSA) is 78.5 Å². The number of piperidine rings is 1. The quantitative estimate of drug-likeness (QED) is 0.507. The van der Waals surface area contributed by atoms with Gasteiger partial charge in [0, 0.05) is 30.2 Å². The smallest absolute Gasteiger partial charge is 0.265 e. The van der Waals surface area contributed by atoms with Gasteiger partial charge in [0.2, 0.25) is 0 Å². The van der Waals surface area contributed by atoms with E-state index in [1.807, 2.05) is 22.4 Å². The second kappa shape index (κ2) is 10.6. The number of nitrogens with one attached hydrogen (secondary N) is 2. The monoisotopic (exact) mass is 481 g/mol. The Balaban J connectivity index is 1.39. The molecule has 33 heavy (non-hydrogen) atoms. The first-order chi connectivity index (χ1) is 16.0. The minimum Gasteiger partial charge on any atom is -0.348 e. The molecule has 1 saturated heterocycles. The molecule has 1 aromatic heterocycles. The number of rotatable bonds is 6. The average molecular weight is 482 g/mol. The Labute approximate surface area is 201 Å². The number of thiophene rings is 1. The first-order valence-corrected chi connectivity index (χ1v) is 12.1. The van der Waals surface area contributed by atoms with Crippen LogP contribution >= 0.6 is 22.9 Å². The Morgan fingerprint density at radius 2 is 1.70 bits per heavy atom. The molecule has 0 radical (unpaired) electrons. The summed E-state index contributed by atoms with van der Waals surface area (Å²) in [7, 11) is 0. The number of benzene rings is 2. The van der Waals surface area contributed by atoms with Crippen molar-refractivity contribution >= 4 is 46.3 Å². The molecule has 0 spiro atoms. The number of anilines is 1. The third kappa shape index (κ3) is 5.80. The molecule has 3 amide bonds. The van der Waals surface area contributed by atoms with Gasteiger partial charge in [-0.1, -0.05) is 29.8 Å². The highest BCUT2D eigenvalue weighted by atomic mass is 35.5. The molecule has 0 unspecified atom stereocenters. The van der Waals surface area contributed by atoms with Crippen LogP contribution in [0, 0.1) is 0 Å². The van der Waals surface area contributed by atoms with Crippen molar-refractivity contribution in [2.45, 2.75) is 25.8 Å².